The van der Waals surface area contributed by atoms with Crippen LogP contribution in [0.4, 0.5) is 10.1 Å². The average Bonchev–Trinajstić information content (AvgIpc) is 3.30. The van der Waals surface area contributed by atoms with Crippen molar-refractivity contribution in [1.82, 2.24) is 19.7 Å². The van der Waals surface area contributed by atoms with E-state index in [1.807, 2.05) is 0 Å². The van der Waals surface area contributed by atoms with Gasteiger partial charge in [-0.1, -0.05) is 0 Å². The predicted octanol–water partition coefficient (Wildman–Crippen LogP) is 3.71. The molecule has 0 spiro atoms. The Labute approximate surface area is 183 Å². The van der Waals surface area contributed by atoms with Gasteiger partial charge in [0.15, 0.2) is 5.82 Å². The molecule has 0 aliphatic rings. The maximum Gasteiger partial charge on any atom is 0.265 e. The summed E-state index contributed by atoms with van der Waals surface area (Å²) >= 11 is 0. The third-order valence-corrected chi connectivity index (χ3v) is 5.69. The highest BCUT2D eigenvalue weighted by molar-refractivity contribution is 7.92. The topological polar surface area (TPSA) is 108 Å². The van der Waals surface area contributed by atoms with Crippen LogP contribution in [0.5, 0.6) is 17.4 Å². The number of ether oxygens (including phenoxy) is 2. The number of benzene rings is 2. The summed E-state index contributed by atoms with van der Waals surface area (Å²) in [5.41, 5.74) is 0.264. The van der Waals surface area contributed by atoms with Crippen LogP contribution in [0.25, 0.3) is 5.82 Å². The molecule has 0 aliphatic heterocycles. The molecule has 32 heavy (non-hydrogen) atoms. The fraction of sp³-hybridized carbons (Fsp3) is 0.0952. The number of hydrogen-bond donors (Lipinski definition) is 1. The Hall–Kier alpha value is -3.99. The molecule has 9 nitrogen and oxygen atoms in total. The second kappa shape index (κ2) is 8.63. The zero-order valence-electron chi connectivity index (χ0n) is 17.1. The minimum atomic E-state index is -4.07. The molecule has 0 unspecified atom stereocenters. The molecule has 0 fully saturated rings. The van der Waals surface area contributed by atoms with Gasteiger partial charge < -0.3 is 9.47 Å². The van der Waals surface area contributed by atoms with E-state index in [2.05, 4.69) is 19.8 Å². The molecule has 164 valence electrons. The zero-order valence-corrected chi connectivity index (χ0v) is 17.9. The quantitative estimate of drug-likeness (QED) is 0.452. The average molecular weight is 455 g/mol. The van der Waals surface area contributed by atoms with E-state index in [9.17, 15) is 12.8 Å². The van der Waals surface area contributed by atoms with E-state index in [0.29, 0.717) is 23.3 Å². The summed E-state index contributed by atoms with van der Waals surface area (Å²) < 4.78 is 53.7. The fourth-order valence-corrected chi connectivity index (χ4v) is 4.12. The van der Waals surface area contributed by atoms with Crippen molar-refractivity contribution in [2.24, 2.45) is 0 Å². The first-order valence-corrected chi connectivity index (χ1v) is 10.8. The minimum Gasteiger partial charge on any atom is -0.495 e. The summed E-state index contributed by atoms with van der Waals surface area (Å²) in [5, 5.41) is 4.14. The van der Waals surface area contributed by atoms with Gasteiger partial charge in [0.1, 0.15) is 28.0 Å². The molecule has 0 bridgehead atoms. The molecule has 2 aromatic heterocycles. The van der Waals surface area contributed by atoms with Crippen LogP contribution in [0.3, 0.4) is 0 Å². The van der Waals surface area contributed by atoms with Gasteiger partial charge in [-0.05, 0) is 55.5 Å². The lowest BCUT2D eigenvalue weighted by Gasteiger charge is -2.12. The molecule has 4 rings (SSSR count). The smallest absolute Gasteiger partial charge is 0.265 e. The van der Waals surface area contributed by atoms with Crippen LogP contribution in [-0.2, 0) is 10.0 Å². The largest absolute Gasteiger partial charge is 0.495 e. The second-order valence-electron chi connectivity index (χ2n) is 6.59. The molecule has 11 heteroatoms. The van der Waals surface area contributed by atoms with Crippen molar-refractivity contribution in [3.05, 3.63) is 78.6 Å². The number of hydrogen-bond acceptors (Lipinski definition) is 7. The van der Waals surface area contributed by atoms with E-state index in [1.54, 1.807) is 48.3 Å². The maximum absolute atomic E-state index is 13.6. The van der Waals surface area contributed by atoms with Crippen molar-refractivity contribution in [3.8, 4) is 23.2 Å². The van der Waals surface area contributed by atoms with Crippen LogP contribution in [0.1, 0.15) is 5.82 Å². The number of nitrogens with one attached hydrogen (secondary N) is 1. The number of halogens is 1. The summed E-state index contributed by atoms with van der Waals surface area (Å²) in [4.78, 5) is 8.27. The standard InChI is InChI=1S/C21H18FN5O4S/c1-14-24-20(27-11-3-10-23-27)13-21(25-14)31-17-7-5-16(6-8-17)26-32(28,29)19-12-15(22)4-9-18(19)30-2/h3-13,26H,1-2H3. The van der Waals surface area contributed by atoms with E-state index < -0.39 is 15.8 Å². The number of anilines is 1. The molecule has 0 aliphatic carbocycles. The highest BCUT2D eigenvalue weighted by Gasteiger charge is 2.20. The molecule has 0 saturated carbocycles. The van der Waals surface area contributed by atoms with E-state index in [0.717, 1.165) is 12.1 Å². The fourth-order valence-electron chi connectivity index (χ4n) is 2.88. The Kier molecular flexibility index (Phi) is 5.73. The molecular weight excluding hydrogens is 437 g/mol. The molecule has 2 heterocycles. The van der Waals surface area contributed by atoms with Crippen LogP contribution in [0, 0.1) is 12.7 Å². The molecule has 0 atom stereocenters. The summed E-state index contributed by atoms with van der Waals surface area (Å²) in [7, 11) is -2.76. The predicted molar refractivity (Wildman–Crippen MR) is 114 cm³/mol. The number of nitrogens with zero attached hydrogens (tertiary/aromatic N) is 4. The van der Waals surface area contributed by atoms with Crippen LogP contribution in [0.15, 0.2) is 71.9 Å². The third kappa shape index (κ3) is 4.67. The molecule has 0 saturated heterocycles. The van der Waals surface area contributed by atoms with Crippen molar-refractivity contribution >= 4 is 15.7 Å². The number of sulfonamides is 1. The highest BCUT2D eigenvalue weighted by Crippen LogP contribution is 2.28. The van der Waals surface area contributed by atoms with Crippen molar-refractivity contribution < 1.29 is 22.3 Å². The van der Waals surface area contributed by atoms with E-state index in [-0.39, 0.29) is 16.3 Å². The van der Waals surface area contributed by atoms with E-state index in [4.69, 9.17) is 9.47 Å². The molecule has 1 N–H and O–H groups in total. The van der Waals surface area contributed by atoms with Crippen LogP contribution >= 0.6 is 0 Å². The Morgan fingerprint density at radius 2 is 1.84 bits per heavy atom. The van der Waals surface area contributed by atoms with Gasteiger partial charge in [-0.3, -0.25) is 4.72 Å². The first-order chi connectivity index (χ1) is 15.3. The lowest BCUT2D eigenvalue weighted by atomic mass is 10.3. The van der Waals surface area contributed by atoms with Gasteiger partial charge in [0.2, 0.25) is 5.88 Å². The normalized spacial score (nSPS) is 11.2. The number of methoxy groups -OCH3 is 1. The van der Waals surface area contributed by atoms with E-state index >= 15 is 0 Å². The monoisotopic (exact) mass is 455 g/mol. The molecule has 0 radical (unpaired) electrons. The summed E-state index contributed by atoms with van der Waals surface area (Å²) in [6, 6.07) is 12.9. The Morgan fingerprint density at radius 3 is 2.53 bits per heavy atom. The summed E-state index contributed by atoms with van der Waals surface area (Å²) in [5.74, 6) is 1.13. The molecule has 4 aromatic rings. The lowest BCUT2D eigenvalue weighted by Crippen LogP contribution is -2.14. The zero-order chi connectivity index (χ0) is 22.7. The number of rotatable bonds is 7. The number of aryl methyl sites for hydroxylation is 1. The van der Waals surface area contributed by atoms with Crippen molar-refractivity contribution in [3.63, 3.8) is 0 Å². The van der Waals surface area contributed by atoms with Crippen molar-refractivity contribution in [1.29, 1.82) is 0 Å². The van der Waals surface area contributed by atoms with E-state index in [1.165, 1.54) is 25.3 Å². The summed E-state index contributed by atoms with van der Waals surface area (Å²) in [6.45, 7) is 1.73. The first kappa shape index (κ1) is 21.2. The van der Waals surface area contributed by atoms with Crippen LogP contribution < -0.4 is 14.2 Å². The Balaban J connectivity index is 1.53. The molecule has 2 aromatic carbocycles. The van der Waals surface area contributed by atoms with Crippen LogP contribution in [-0.4, -0.2) is 35.3 Å². The maximum atomic E-state index is 13.6. The van der Waals surface area contributed by atoms with Crippen LogP contribution in [0.2, 0.25) is 0 Å². The minimum absolute atomic E-state index is 0.0333. The molecule has 0 amide bonds. The molecular formula is C21H18FN5O4S. The third-order valence-electron chi connectivity index (χ3n) is 4.28. The highest BCUT2D eigenvalue weighted by atomic mass is 32.2. The number of aromatic nitrogens is 4. The van der Waals surface area contributed by atoms with Gasteiger partial charge in [0, 0.05) is 24.1 Å². The van der Waals surface area contributed by atoms with Gasteiger partial charge in [-0.2, -0.15) is 10.1 Å². The van der Waals surface area contributed by atoms with Gasteiger partial charge in [-0.15, -0.1) is 0 Å². The first-order valence-electron chi connectivity index (χ1n) is 9.34. The van der Waals surface area contributed by atoms with Gasteiger partial charge in [-0.25, -0.2) is 22.5 Å². The second-order valence-corrected chi connectivity index (χ2v) is 8.24. The lowest BCUT2D eigenvalue weighted by molar-refractivity contribution is 0.401. The van der Waals surface area contributed by atoms with Gasteiger partial charge in [0.25, 0.3) is 10.0 Å². The van der Waals surface area contributed by atoms with Crippen molar-refractivity contribution in [2.45, 2.75) is 11.8 Å². The Bertz CT molecular complexity index is 1340. The summed E-state index contributed by atoms with van der Waals surface area (Å²) in [6.07, 6.45) is 3.39. The Morgan fingerprint density at radius 1 is 1.06 bits per heavy atom. The van der Waals surface area contributed by atoms with Crippen molar-refractivity contribution in [2.75, 3.05) is 11.8 Å². The van der Waals surface area contributed by atoms with Gasteiger partial charge >= 0.3 is 0 Å². The van der Waals surface area contributed by atoms with Gasteiger partial charge in [0.05, 0.1) is 7.11 Å². The SMILES string of the molecule is COc1ccc(F)cc1S(=O)(=O)Nc1ccc(Oc2cc(-n3cccn3)nc(C)n2)cc1.